The number of carbonyl (C=O) groups is 1. The van der Waals surface area contributed by atoms with Crippen molar-refractivity contribution in [2.45, 2.75) is 20.4 Å². The number of benzene rings is 1. The van der Waals surface area contributed by atoms with Crippen LogP contribution in [0.1, 0.15) is 21.7 Å². The number of fused-ring (bicyclic) bond motifs is 1. The highest BCUT2D eigenvalue weighted by atomic mass is 16.5. The summed E-state index contributed by atoms with van der Waals surface area (Å²) in [5.74, 6) is -0.197. The Kier molecular flexibility index (Phi) is 5.20. The molecule has 0 bridgehead atoms. The molecule has 1 amide bonds. The van der Waals surface area contributed by atoms with Crippen LogP contribution in [0, 0.1) is 13.8 Å². The summed E-state index contributed by atoms with van der Waals surface area (Å²) in [5.41, 5.74) is 2.92. The molecule has 9 heteroatoms. The van der Waals surface area contributed by atoms with Crippen LogP contribution in [0.15, 0.2) is 47.4 Å². The number of anilines is 1. The van der Waals surface area contributed by atoms with Gasteiger partial charge in [0, 0.05) is 30.6 Å². The molecule has 1 aromatic carbocycles. The van der Waals surface area contributed by atoms with Gasteiger partial charge in [-0.1, -0.05) is 30.3 Å². The van der Waals surface area contributed by atoms with E-state index >= 15 is 0 Å². The molecule has 4 rings (SSSR count). The largest absolute Gasteiger partial charge is 0.383 e. The minimum absolute atomic E-state index is 0.0280. The highest BCUT2D eigenvalue weighted by molar-refractivity contribution is 6.04. The number of rotatable bonds is 6. The number of methoxy groups -OCH3 is 1. The third kappa shape index (κ3) is 3.50. The predicted octanol–water partition coefficient (Wildman–Crippen LogP) is 2.40. The summed E-state index contributed by atoms with van der Waals surface area (Å²) in [7, 11) is 1.61. The van der Waals surface area contributed by atoms with Crippen molar-refractivity contribution in [3.05, 3.63) is 69.9 Å². The van der Waals surface area contributed by atoms with E-state index in [1.807, 2.05) is 37.3 Å². The van der Waals surface area contributed by atoms with Gasteiger partial charge in [0.2, 0.25) is 0 Å². The van der Waals surface area contributed by atoms with Crippen molar-refractivity contribution in [3.63, 3.8) is 0 Å². The SMILES string of the molecule is COCCn1ccc(NC(=O)c2c(C)nc3c(-c4ccccc4)c(C)[nH]n3c2=O)n1. The van der Waals surface area contributed by atoms with Crippen LogP contribution in [0.2, 0.25) is 0 Å². The number of amides is 1. The fourth-order valence-corrected chi connectivity index (χ4v) is 3.42. The molecular formula is C21H22N6O3. The second kappa shape index (κ2) is 7.96. The van der Waals surface area contributed by atoms with E-state index in [9.17, 15) is 9.59 Å². The first-order valence-corrected chi connectivity index (χ1v) is 9.50. The van der Waals surface area contributed by atoms with E-state index in [1.54, 1.807) is 31.0 Å². The average molecular weight is 406 g/mol. The molecule has 0 saturated carbocycles. The van der Waals surface area contributed by atoms with Gasteiger partial charge < -0.3 is 10.1 Å². The number of H-pyrrole nitrogens is 1. The predicted molar refractivity (Wildman–Crippen MR) is 113 cm³/mol. The van der Waals surface area contributed by atoms with Gasteiger partial charge >= 0.3 is 0 Å². The van der Waals surface area contributed by atoms with E-state index in [4.69, 9.17) is 4.74 Å². The molecular weight excluding hydrogens is 384 g/mol. The van der Waals surface area contributed by atoms with Crippen LogP contribution < -0.4 is 10.9 Å². The summed E-state index contributed by atoms with van der Waals surface area (Å²) >= 11 is 0. The first-order chi connectivity index (χ1) is 14.5. The Morgan fingerprint density at radius 1 is 1.20 bits per heavy atom. The Morgan fingerprint density at radius 3 is 2.70 bits per heavy atom. The van der Waals surface area contributed by atoms with E-state index in [0.717, 1.165) is 16.8 Å². The third-order valence-electron chi connectivity index (χ3n) is 4.84. The van der Waals surface area contributed by atoms with Gasteiger partial charge in [-0.25, -0.2) is 9.50 Å². The Hall–Kier alpha value is -3.72. The lowest BCUT2D eigenvalue weighted by Crippen LogP contribution is -2.29. The van der Waals surface area contributed by atoms with Crippen molar-refractivity contribution in [1.82, 2.24) is 24.4 Å². The van der Waals surface area contributed by atoms with E-state index in [0.29, 0.717) is 30.3 Å². The third-order valence-corrected chi connectivity index (χ3v) is 4.84. The Bertz CT molecular complexity index is 1270. The molecule has 3 heterocycles. The minimum atomic E-state index is -0.551. The number of aryl methyl sites for hydroxylation is 2. The van der Waals surface area contributed by atoms with Gasteiger partial charge in [0.05, 0.1) is 18.8 Å². The summed E-state index contributed by atoms with van der Waals surface area (Å²) in [6, 6.07) is 11.4. The standard InChI is InChI=1S/C21H22N6O3/c1-13-18(20(28)23-16-9-10-26(25-16)11-12-30-3)21(29)27-19(22-13)17(14(2)24-27)15-7-5-4-6-8-15/h4-10,24H,11-12H2,1-3H3,(H,23,25,28). The summed E-state index contributed by atoms with van der Waals surface area (Å²) in [6.45, 7) is 4.60. The number of carbonyl (C=O) groups excluding carboxylic acids is 1. The second-order valence-corrected chi connectivity index (χ2v) is 6.93. The fraction of sp³-hybridized carbons (Fsp3) is 0.238. The van der Waals surface area contributed by atoms with E-state index < -0.39 is 11.5 Å². The van der Waals surface area contributed by atoms with E-state index in [1.165, 1.54) is 4.52 Å². The number of nitrogens with zero attached hydrogens (tertiary/aromatic N) is 4. The van der Waals surface area contributed by atoms with Crippen molar-refractivity contribution in [1.29, 1.82) is 0 Å². The number of aromatic nitrogens is 5. The molecule has 0 aliphatic carbocycles. The Balaban J connectivity index is 1.71. The fourth-order valence-electron chi connectivity index (χ4n) is 3.42. The number of nitrogens with one attached hydrogen (secondary N) is 2. The van der Waals surface area contributed by atoms with Crippen LogP contribution in [0.3, 0.4) is 0 Å². The quantitative estimate of drug-likeness (QED) is 0.511. The monoisotopic (exact) mass is 406 g/mol. The number of hydrogen-bond acceptors (Lipinski definition) is 5. The lowest BCUT2D eigenvalue weighted by Gasteiger charge is -2.06. The molecule has 0 fully saturated rings. The van der Waals surface area contributed by atoms with Gasteiger partial charge in [0.15, 0.2) is 11.5 Å². The average Bonchev–Trinajstić information content (AvgIpc) is 3.30. The first-order valence-electron chi connectivity index (χ1n) is 9.50. The molecule has 9 nitrogen and oxygen atoms in total. The van der Waals surface area contributed by atoms with Crippen molar-refractivity contribution < 1.29 is 9.53 Å². The molecule has 2 N–H and O–H groups in total. The Morgan fingerprint density at radius 2 is 1.97 bits per heavy atom. The molecule has 0 spiro atoms. The van der Waals surface area contributed by atoms with Gasteiger partial charge in [-0.15, -0.1) is 0 Å². The molecule has 154 valence electrons. The van der Waals surface area contributed by atoms with Crippen molar-refractivity contribution in [3.8, 4) is 11.1 Å². The summed E-state index contributed by atoms with van der Waals surface area (Å²) < 4.78 is 7.99. The minimum Gasteiger partial charge on any atom is -0.383 e. The molecule has 0 aliphatic rings. The van der Waals surface area contributed by atoms with E-state index in [-0.39, 0.29) is 5.56 Å². The molecule has 3 aromatic heterocycles. The topological polar surface area (TPSA) is 106 Å². The lowest BCUT2D eigenvalue weighted by molar-refractivity contribution is 0.102. The molecule has 0 atom stereocenters. The maximum atomic E-state index is 13.1. The normalized spacial score (nSPS) is 11.2. The van der Waals surface area contributed by atoms with Gasteiger partial charge in [-0.3, -0.25) is 19.4 Å². The lowest BCUT2D eigenvalue weighted by atomic mass is 10.1. The van der Waals surface area contributed by atoms with Crippen molar-refractivity contribution >= 4 is 17.4 Å². The maximum absolute atomic E-state index is 13.1. The number of aromatic amines is 1. The van der Waals surface area contributed by atoms with Crippen molar-refractivity contribution in [2.24, 2.45) is 0 Å². The van der Waals surface area contributed by atoms with Crippen LogP contribution in [-0.2, 0) is 11.3 Å². The van der Waals surface area contributed by atoms with Gasteiger partial charge in [-0.05, 0) is 19.4 Å². The number of hydrogen-bond donors (Lipinski definition) is 2. The van der Waals surface area contributed by atoms with Crippen molar-refractivity contribution in [2.75, 3.05) is 19.0 Å². The van der Waals surface area contributed by atoms with Gasteiger partial charge in [-0.2, -0.15) is 5.10 Å². The van der Waals surface area contributed by atoms with Crippen LogP contribution in [0.5, 0.6) is 0 Å². The zero-order chi connectivity index (χ0) is 21.3. The van der Waals surface area contributed by atoms with Crippen LogP contribution in [0.4, 0.5) is 5.82 Å². The van der Waals surface area contributed by atoms with Crippen LogP contribution >= 0.6 is 0 Å². The number of ether oxygens (including phenoxy) is 1. The first kappa shape index (κ1) is 19.6. The molecule has 0 unspecified atom stereocenters. The molecule has 4 aromatic rings. The molecule has 0 saturated heterocycles. The molecule has 30 heavy (non-hydrogen) atoms. The zero-order valence-electron chi connectivity index (χ0n) is 17.0. The molecule has 0 aliphatic heterocycles. The summed E-state index contributed by atoms with van der Waals surface area (Å²) in [6.07, 6.45) is 1.73. The van der Waals surface area contributed by atoms with Crippen LogP contribution in [0.25, 0.3) is 16.8 Å². The maximum Gasteiger partial charge on any atom is 0.285 e. The molecule has 0 radical (unpaired) electrons. The zero-order valence-corrected chi connectivity index (χ0v) is 17.0. The van der Waals surface area contributed by atoms with Gasteiger partial charge in [0.1, 0.15) is 5.56 Å². The Labute approximate surface area is 172 Å². The van der Waals surface area contributed by atoms with Crippen LogP contribution in [-0.4, -0.2) is 44.0 Å². The highest BCUT2D eigenvalue weighted by Gasteiger charge is 2.22. The van der Waals surface area contributed by atoms with Gasteiger partial charge in [0.25, 0.3) is 11.5 Å². The summed E-state index contributed by atoms with van der Waals surface area (Å²) in [4.78, 5) is 30.5. The van der Waals surface area contributed by atoms with E-state index in [2.05, 4.69) is 20.5 Å². The smallest absolute Gasteiger partial charge is 0.285 e. The summed E-state index contributed by atoms with van der Waals surface area (Å²) in [5, 5.41) is 9.97. The highest BCUT2D eigenvalue weighted by Crippen LogP contribution is 2.26. The second-order valence-electron chi connectivity index (χ2n) is 6.93.